The third-order valence-corrected chi connectivity index (χ3v) is 3.56. The van der Waals surface area contributed by atoms with Crippen molar-refractivity contribution in [3.63, 3.8) is 0 Å². The lowest BCUT2D eigenvalue weighted by Crippen LogP contribution is -2.39. The summed E-state index contributed by atoms with van der Waals surface area (Å²) >= 11 is 0. The molecule has 1 heterocycles. The van der Waals surface area contributed by atoms with E-state index in [0.717, 1.165) is 25.5 Å². The molecule has 0 bridgehead atoms. The van der Waals surface area contributed by atoms with Gasteiger partial charge in [0.2, 0.25) is 0 Å². The van der Waals surface area contributed by atoms with Crippen molar-refractivity contribution in [2.45, 2.75) is 50.9 Å². The lowest BCUT2D eigenvalue weighted by molar-refractivity contribution is -0.202. The van der Waals surface area contributed by atoms with Crippen LogP contribution >= 0.6 is 0 Å². The molecule has 0 aromatic rings. The molecule has 1 saturated carbocycles. The molecule has 1 saturated heterocycles. The van der Waals surface area contributed by atoms with Crippen LogP contribution in [0.1, 0.15) is 39.0 Å². The number of carbonyl (C=O) groups is 2. The van der Waals surface area contributed by atoms with Crippen molar-refractivity contribution in [2.24, 2.45) is 5.92 Å². The zero-order valence-corrected chi connectivity index (χ0v) is 10.7. The smallest absolute Gasteiger partial charge is 0.309 e. The summed E-state index contributed by atoms with van der Waals surface area (Å²) < 4.78 is 16.6. The average Bonchev–Trinajstić information content (AvgIpc) is 2.73. The molecule has 1 aliphatic carbocycles. The molecule has 5 heteroatoms. The third-order valence-electron chi connectivity index (χ3n) is 3.56. The molecule has 3 atom stereocenters. The number of hydrogen-bond acceptors (Lipinski definition) is 5. The second-order valence-electron chi connectivity index (χ2n) is 4.91. The number of carbonyl (C=O) groups excluding carboxylic acids is 2. The Morgan fingerprint density at radius 1 is 1.56 bits per heavy atom. The first-order chi connectivity index (χ1) is 8.69. The fourth-order valence-corrected chi connectivity index (χ4v) is 2.74. The first-order valence-electron chi connectivity index (χ1n) is 6.61. The molecule has 2 aliphatic rings. The summed E-state index contributed by atoms with van der Waals surface area (Å²) in [5.74, 6) is -0.972. The standard InChI is InChI=1S/C13H20O5/c1-2-16-12(15)10-4-3-6-13(8-10)17-9-11(18-13)5-7-14/h7,10-11H,2-6,8-9H2,1H3. The lowest BCUT2D eigenvalue weighted by atomic mass is 9.84. The van der Waals surface area contributed by atoms with Crippen molar-refractivity contribution in [1.82, 2.24) is 0 Å². The van der Waals surface area contributed by atoms with Gasteiger partial charge in [-0.1, -0.05) is 0 Å². The van der Waals surface area contributed by atoms with Gasteiger partial charge in [0.25, 0.3) is 0 Å². The molecule has 0 radical (unpaired) electrons. The van der Waals surface area contributed by atoms with Gasteiger partial charge in [-0.15, -0.1) is 0 Å². The van der Waals surface area contributed by atoms with Crippen LogP contribution in [-0.2, 0) is 23.8 Å². The summed E-state index contributed by atoms with van der Waals surface area (Å²) in [6, 6.07) is 0. The first-order valence-corrected chi connectivity index (χ1v) is 6.61. The van der Waals surface area contributed by atoms with Gasteiger partial charge in [0, 0.05) is 19.3 Å². The van der Waals surface area contributed by atoms with Crippen LogP contribution in [-0.4, -0.2) is 37.4 Å². The highest BCUT2D eigenvalue weighted by molar-refractivity contribution is 5.72. The number of aldehydes is 1. The van der Waals surface area contributed by atoms with E-state index in [4.69, 9.17) is 14.2 Å². The van der Waals surface area contributed by atoms with Gasteiger partial charge in [0.1, 0.15) is 6.29 Å². The van der Waals surface area contributed by atoms with Crippen molar-refractivity contribution in [3.8, 4) is 0 Å². The van der Waals surface area contributed by atoms with E-state index < -0.39 is 5.79 Å². The Bertz CT molecular complexity index is 317. The highest BCUT2D eigenvalue weighted by atomic mass is 16.7. The SMILES string of the molecule is CCOC(=O)C1CCCC2(C1)OCC(CC=O)O2. The summed E-state index contributed by atoms with van der Waals surface area (Å²) in [5, 5.41) is 0. The van der Waals surface area contributed by atoms with E-state index in [1.165, 1.54) is 0 Å². The number of esters is 1. The Kier molecular flexibility index (Phi) is 4.35. The van der Waals surface area contributed by atoms with Gasteiger partial charge >= 0.3 is 5.97 Å². The van der Waals surface area contributed by atoms with Crippen molar-refractivity contribution in [3.05, 3.63) is 0 Å². The topological polar surface area (TPSA) is 61.8 Å². The van der Waals surface area contributed by atoms with E-state index in [9.17, 15) is 9.59 Å². The Hall–Kier alpha value is -0.940. The number of rotatable bonds is 4. The maximum Gasteiger partial charge on any atom is 0.309 e. The second-order valence-corrected chi connectivity index (χ2v) is 4.91. The van der Waals surface area contributed by atoms with Crippen molar-refractivity contribution >= 4 is 12.3 Å². The molecule has 2 fully saturated rings. The molecule has 0 N–H and O–H groups in total. The molecule has 1 aliphatic heterocycles. The Morgan fingerprint density at radius 3 is 3.11 bits per heavy atom. The van der Waals surface area contributed by atoms with E-state index in [1.807, 2.05) is 0 Å². The minimum atomic E-state index is -0.663. The van der Waals surface area contributed by atoms with Crippen LogP contribution in [0.5, 0.6) is 0 Å². The molecule has 1 spiro atoms. The van der Waals surface area contributed by atoms with Crippen molar-refractivity contribution < 1.29 is 23.8 Å². The maximum atomic E-state index is 11.8. The maximum absolute atomic E-state index is 11.8. The van der Waals surface area contributed by atoms with Gasteiger partial charge in [-0.05, 0) is 19.8 Å². The predicted molar refractivity (Wildman–Crippen MR) is 62.8 cm³/mol. The van der Waals surface area contributed by atoms with Gasteiger partial charge in [-0.3, -0.25) is 4.79 Å². The minimum Gasteiger partial charge on any atom is -0.466 e. The highest BCUT2D eigenvalue weighted by Crippen LogP contribution is 2.41. The highest BCUT2D eigenvalue weighted by Gasteiger charge is 2.46. The van der Waals surface area contributed by atoms with Gasteiger partial charge in [-0.2, -0.15) is 0 Å². The van der Waals surface area contributed by atoms with Crippen LogP contribution < -0.4 is 0 Å². The molecule has 2 rings (SSSR count). The van der Waals surface area contributed by atoms with E-state index in [-0.39, 0.29) is 18.0 Å². The quantitative estimate of drug-likeness (QED) is 0.562. The fraction of sp³-hybridized carbons (Fsp3) is 0.846. The monoisotopic (exact) mass is 256 g/mol. The molecule has 5 nitrogen and oxygen atoms in total. The molecule has 102 valence electrons. The molecular weight excluding hydrogens is 236 g/mol. The number of hydrogen-bond donors (Lipinski definition) is 0. The van der Waals surface area contributed by atoms with Crippen LogP contribution in [0.4, 0.5) is 0 Å². The normalized spacial score (nSPS) is 35.6. The van der Waals surface area contributed by atoms with Crippen LogP contribution in [0, 0.1) is 5.92 Å². The summed E-state index contributed by atoms with van der Waals surface area (Å²) in [5.41, 5.74) is 0. The molecule has 3 unspecified atom stereocenters. The molecule has 18 heavy (non-hydrogen) atoms. The molecular formula is C13H20O5. The van der Waals surface area contributed by atoms with E-state index in [2.05, 4.69) is 0 Å². The van der Waals surface area contributed by atoms with Crippen LogP contribution in [0.15, 0.2) is 0 Å². The van der Waals surface area contributed by atoms with Crippen LogP contribution in [0.3, 0.4) is 0 Å². The van der Waals surface area contributed by atoms with Gasteiger partial charge in [-0.25, -0.2) is 0 Å². The van der Waals surface area contributed by atoms with Crippen molar-refractivity contribution in [1.29, 1.82) is 0 Å². The summed E-state index contributed by atoms with van der Waals surface area (Å²) in [4.78, 5) is 22.2. The molecule has 0 amide bonds. The first kappa shape index (κ1) is 13.5. The average molecular weight is 256 g/mol. The van der Waals surface area contributed by atoms with E-state index in [0.29, 0.717) is 26.1 Å². The molecule has 0 aromatic heterocycles. The van der Waals surface area contributed by atoms with E-state index in [1.54, 1.807) is 6.92 Å². The zero-order chi connectivity index (χ0) is 13.0. The summed E-state index contributed by atoms with van der Waals surface area (Å²) in [7, 11) is 0. The van der Waals surface area contributed by atoms with Crippen LogP contribution in [0.25, 0.3) is 0 Å². The van der Waals surface area contributed by atoms with Gasteiger partial charge in [0.15, 0.2) is 5.79 Å². The van der Waals surface area contributed by atoms with Gasteiger partial charge < -0.3 is 19.0 Å². The van der Waals surface area contributed by atoms with Crippen molar-refractivity contribution in [2.75, 3.05) is 13.2 Å². The largest absolute Gasteiger partial charge is 0.466 e. The van der Waals surface area contributed by atoms with E-state index >= 15 is 0 Å². The predicted octanol–water partition coefficient (Wildman–Crippen LogP) is 1.44. The second kappa shape index (κ2) is 5.80. The minimum absolute atomic E-state index is 0.145. The Morgan fingerprint density at radius 2 is 2.39 bits per heavy atom. The summed E-state index contributed by atoms with van der Waals surface area (Å²) in [6.45, 7) is 2.64. The zero-order valence-electron chi connectivity index (χ0n) is 10.7. The summed E-state index contributed by atoms with van der Waals surface area (Å²) in [6.07, 6.45) is 4.08. The lowest BCUT2D eigenvalue weighted by Gasteiger charge is -2.35. The fourth-order valence-electron chi connectivity index (χ4n) is 2.74. The Balaban J connectivity index is 1.94. The Labute approximate surface area is 107 Å². The number of ether oxygens (including phenoxy) is 3. The third kappa shape index (κ3) is 2.90. The molecule has 0 aromatic carbocycles. The van der Waals surface area contributed by atoms with Crippen LogP contribution in [0.2, 0.25) is 0 Å². The van der Waals surface area contributed by atoms with Gasteiger partial charge in [0.05, 0.1) is 25.2 Å².